The largest absolute Gasteiger partial charge is 0.828 e. The number of carbonyl (C=O) groups excluding carboxylic acids is 4. The number of hydrogen-bond donors (Lipinski definition) is 2. The van der Waals surface area contributed by atoms with Crippen LogP contribution in [0.1, 0.15) is 24.2 Å². The summed E-state index contributed by atoms with van der Waals surface area (Å²) in [5.74, 6) is -5.40. The van der Waals surface area contributed by atoms with E-state index >= 15 is 0 Å². The van der Waals surface area contributed by atoms with Gasteiger partial charge in [0.05, 0.1) is 27.6 Å². The fraction of sp³-hybridized carbons (Fsp3) is 0.412. The molecule has 0 bridgehead atoms. The van der Waals surface area contributed by atoms with E-state index < -0.39 is 54.9 Å². The molecule has 1 aromatic carbocycles. The molecule has 2 amide bonds. The van der Waals surface area contributed by atoms with Gasteiger partial charge in [-0.3, -0.25) is 14.4 Å². The van der Waals surface area contributed by atoms with Crippen LogP contribution in [0, 0.1) is 10.7 Å². The van der Waals surface area contributed by atoms with Gasteiger partial charge in [0.25, 0.3) is 0 Å². The number of ether oxygens (including phenoxy) is 2. The van der Waals surface area contributed by atoms with Crippen LogP contribution in [0.15, 0.2) is 0 Å². The Hall–Kier alpha value is -1.17. The second kappa shape index (κ2) is 11.9. The number of carbonyl (C=O) groups is 4. The van der Waals surface area contributed by atoms with Crippen LogP contribution in [0.5, 0.6) is 0 Å². The van der Waals surface area contributed by atoms with Gasteiger partial charge < -0.3 is 25.2 Å². The van der Waals surface area contributed by atoms with E-state index in [1.54, 1.807) is 67.8 Å². The smallest absolute Gasteiger partial charge is 0.399 e. The Morgan fingerprint density at radius 2 is 1.14 bits per heavy atom. The van der Waals surface area contributed by atoms with Crippen LogP contribution in [0.4, 0.5) is 37.7 Å². The molecule has 0 aliphatic heterocycles. The monoisotopic (exact) mass is 851 g/mol. The van der Waals surface area contributed by atoms with Gasteiger partial charge in [0, 0.05) is 13.8 Å². The lowest BCUT2D eigenvalue weighted by atomic mass is 10.0. The van der Waals surface area contributed by atoms with E-state index in [2.05, 4.69) is 15.4 Å². The number of amides is 2. The SMILES string of the molecule is CC(=O)Nc1c(I)c(NC(C)=O)c(I)c(C(=O)OCCOC(=O)C([O-])(C(F)(F)F)C(F)(F)F)c1I. The fourth-order valence-corrected chi connectivity index (χ4v) is 6.40. The number of anilines is 2. The molecule has 0 spiro atoms. The van der Waals surface area contributed by atoms with Gasteiger partial charge in [0.2, 0.25) is 11.8 Å². The molecule has 0 unspecified atom stereocenters. The maximum absolute atomic E-state index is 12.6. The highest BCUT2D eigenvalue weighted by Gasteiger charge is 2.68. The van der Waals surface area contributed by atoms with Crippen LogP contribution >= 0.6 is 67.8 Å². The zero-order chi connectivity index (χ0) is 27.5. The van der Waals surface area contributed by atoms with E-state index in [1.165, 1.54) is 13.8 Å². The van der Waals surface area contributed by atoms with Gasteiger partial charge in [-0.15, -0.1) is 0 Å². The Morgan fingerprint density at radius 3 is 1.49 bits per heavy atom. The summed E-state index contributed by atoms with van der Waals surface area (Å²) < 4.78 is 84.8. The molecule has 0 saturated carbocycles. The van der Waals surface area contributed by atoms with E-state index in [0.717, 1.165) is 0 Å². The summed E-state index contributed by atoms with van der Waals surface area (Å²) in [5, 5.41) is 16.2. The van der Waals surface area contributed by atoms with Gasteiger partial charge in [-0.2, -0.15) is 26.3 Å². The molecule has 9 nitrogen and oxygen atoms in total. The van der Waals surface area contributed by atoms with Crippen LogP contribution in [-0.2, 0) is 23.9 Å². The standard InChI is InChI=1S/C17H12F6I3N2O7/c1-5(29)27-11-8(24)7(9(25)12(10(11)26)28-6(2)30)13(31)34-3-4-35-14(32)15(33,16(18,19)20)17(21,22)23/h3-4H2,1-2H3,(H,27,29)(H,28,30)/q-1. The first-order chi connectivity index (χ1) is 15.8. The van der Waals surface area contributed by atoms with Crippen LogP contribution in [0.3, 0.4) is 0 Å². The lowest BCUT2D eigenvalue weighted by Gasteiger charge is -2.40. The van der Waals surface area contributed by atoms with Crippen molar-refractivity contribution in [1.29, 1.82) is 0 Å². The molecular formula is C17H12F6I3N2O7-. The number of benzene rings is 1. The lowest BCUT2D eigenvalue weighted by Crippen LogP contribution is -2.71. The first kappa shape index (κ1) is 31.9. The predicted octanol–water partition coefficient (Wildman–Crippen LogP) is 3.34. The second-order valence-corrected chi connectivity index (χ2v) is 9.61. The molecule has 1 aromatic rings. The zero-order valence-electron chi connectivity index (χ0n) is 17.2. The molecule has 196 valence electrons. The van der Waals surface area contributed by atoms with Crippen molar-refractivity contribution in [3.05, 3.63) is 16.3 Å². The Morgan fingerprint density at radius 1 is 0.771 bits per heavy atom. The lowest BCUT2D eigenvalue weighted by molar-refractivity contribution is -0.574. The number of alkyl halides is 6. The number of rotatable bonds is 7. The minimum Gasteiger partial charge on any atom is -0.828 e. The average molecular weight is 851 g/mol. The van der Waals surface area contributed by atoms with Crippen LogP contribution in [-0.4, -0.2) is 54.9 Å². The molecule has 35 heavy (non-hydrogen) atoms. The van der Waals surface area contributed by atoms with Crippen molar-refractivity contribution in [2.45, 2.75) is 31.8 Å². The first-order valence-electron chi connectivity index (χ1n) is 8.71. The van der Waals surface area contributed by atoms with E-state index in [4.69, 9.17) is 4.74 Å². The third-order valence-electron chi connectivity index (χ3n) is 3.76. The Balaban J connectivity index is 3.14. The van der Waals surface area contributed by atoms with Crippen molar-refractivity contribution in [3.63, 3.8) is 0 Å². The summed E-state index contributed by atoms with van der Waals surface area (Å²) in [6.45, 7) is 0.0355. The molecule has 0 radical (unpaired) electrons. The summed E-state index contributed by atoms with van der Waals surface area (Å²) >= 11 is 5.15. The molecule has 2 N–H and O–H groups in total. The molecule has 0 aliphatic rings. The third-order valence-corrected chi connectivity index (χ3v) is 6.99. The summed E-state index contributed by atoms with van der Waals surface area (Å²) in [6.07, 6.45) is -13.1. The van der Waals surface area contributed by atoms with Crippen LogP contribution in [0.2, 0.25) is 0 Å². The minimum atomic E-state index is -6.54. The maximum Gasteiger partial charge on any atom is 0.399 e. The molecule has 1 rings (SSSR count). The first-order valence-corrected chi connectivity index (χ1v) is 11.9. The van der Waals surface area contributed by atoms with E-state index in [1.807, 2.05) is 0 Å². The zero-order valence-corrected chi connectivity index (χ0v) is 23.6. The second-order valence-electron chi connectivity index (χ2n) is 6.38. The van der Waals surface area contributed by atoms with Crippen LogP contribution < -0.4 is 15.7 Å². The van der Waals surface area contributed by atoms with Gasteiger partial charge in [0.15, 0.2) is 5.60 Å². The quantitative estimate of drug-likeness (QED) is 0.186. The molecule has 0 saturated heterocycles. The molecule has 0 fully saturated rings. The van der Waals surface area contributed by atoms with Gasteiger partial charge in [-0.25, -0.2) is 4.79 Å². The number of nitrogens with one attached hydrogen (secondary N) is 2. The average Bonchev–Trinajstić information content (AvgIpc) is 2.69. The molecule has 0 heterocycles. The van der Waals surface area contributed by atoms with E-state index in [0.29, 0.717) is 3.57 Å². The Kier molecular flexibility index (Phi) is 10.8. The van der Waals surface area contributed by atoms with E-state index in [-0.39, 0.29) is 24.1 Å². The summed E-state index contributed by atoms with van der Waals surface area (Å²) in [6, 6.07) is 0. The minimum absolute atomic E-state index is 0.118. The van der Waals surface area contributed by atoms with Crippen molar-refractivity contribution in [1.82, 2.24) is 0 Å². The molecule has 0 aromatic heterocycles. The molecule has 0 aliphatic carbocycles. The molecular weight excluding hydrogens is 839 g/mol. The summed E-state index contributed by atoms with van der Waals surface area (Å²) in [4.78, 5) is 47.0. The van der Waals surface area contributed by atoms with Gasteiger partial charge in [0.1, 0.15) is 13.2 Å². The normalized spacial score (nSPS) is 12.1. The Labute approximate surface area is 233 Å². The van der Waals surface area contributed by atoms with Gasteiger partial charge >= 0.3 is 24.3 Å². The van der Waals surface area contributed by atoms with Crippen LogP contribution in [0.25, 0.3) is 0 Å². The van der Waals surface area contributed by atoms with Gasteiger partial charge in [-0.05, 0) is 67.8 Å². The maximum atomic E-state index is 12.6. The van der Waals surface area contributed by atoms with Crippen molar-refractivity contribution in [2.24, 2.45) is 0 Å². The van der Waals surface area contributed by atoms with E-state index in [9.17, 15) is 50.6 Å². The number of esters is 2. The summed E-state index contributed by atoms with van der Waals surface area (Å²) in [7, 11) is 0. The molecule has 0 atom stereocenters. The van der Waals surface area contributed by atoms with Crippen molar-refractivity contribution >= 4 is 103 Å². The Bertz CT molecular complexity index is 989. The van der Waals surface area contributed by atoms with Gasteiger partial charge in [-0.1, -0.05) is 0 Å². The topological polar surface area (TPSA) is 134 Å². The third kappa shape index (κ3) is 7.20. The van der Waals surface area contributed by atoms with Crippen molar-refractivity contribution in [3.8, 4) is 0 Å². The molecule has 18 heteroatoms. The highest BCUT2D eigenvalue weighted by Crippen LogP contribution is 2.42. The number of halogens is 9. The summed E-state index contributed by atoms with van der Waals surface area (Å²) in [5.41, 5.74) is -6.00. The highest BCUT2D eigenvalue weighted by atomic mass is 127. The van der Waals surface area contributed by atoms with Crippen molar-refractivity contribution < 1.29 is 60.1 Å². The number of hydrogen-bond acceptors (Lipinski definition) is 7. The predicted molar refractivity (Wildman–Crippen MR) is 129 cm³/mol. The van der Waals surface area contributed by atoms with Crippen molar-refractivity contribution in [2.75, 3.05) is 23.8 Å². The highest BCUT2D eigenvalue weighted by molar-refractivity contribution is 14.1. The fourth-order valence-electron chi connectivity index (χ4n) is 2.25.